The average molecular weight is 645 g/mol. The fraction of sp³-hybridized carbons (Fsp3) is 0.440. The summed E-state index contributed by atoms with van der Waals surface area (Å²) in [5.74, 6) is -30.8. The quantitative estimate of drug-likeness (QED) is 0.102. The smallest absolute Gasteiger partial charge is 0.460 e. The third-order valence-corrected chi connectivity index (χ3v) is 5.66. The van der Waals surface area contributed by atoms with Gasteiger partial charge in [0.1, 0.15) is 22.6 Å². The van der Waals surface area contributed by atoms with Gasteiger partial charge in [-0.15, -0.1) is 11.6 Å². The van der Waals surface area contributed by atoms with Crippen molar-refractivity contribution in [3.8, 4) is 17.2 Å². The Kier molecular flexibility index (Phi) is 10.4. The Morgan fingerprint density at radius 1 is 0.690 bits per heavy atom. The van der Waals surface area contributed by atoms with Gasteiger partial charge in [0.05, 0.1) is 5.56 Å². The highest BCUT2D eigenvalue weighted by molar-refractivity contribution is 6.30. The maximum atomic E-state index is 13.8. The number of alkyl halides is 12. The molecule has 0 saturated carbocycles. The second-order valence-electron chi connectivity index (χ2n) is 9.12. The Balaban J connectivity index is 2.02. The van der Waals surface area contributed by atoms with Crippen LogP contribution in [0.5, 0.6) is 17.2 Å². The Hall–Kier alpha value is -3.30. The normalized spacial score (nSPS) is 14.0. The number of ether oxygens (including phenoxy) is 3. The zero-order chi connectivity index (χ0) is 32.3. The van der Waals surface area contributed by atoms with E-state index in [2.05, 4.69) is 4.74 Å². The molecule has 0 aromatic heterocycles. The lowest BCUT2D eigenvalue weighted by atomic mass is 9.98. The molecule has 2 rings (SSSR count). The van der Waals surface area contributed by atoms with Crippen molar-refractivity contribution in [3.63, 3.8) is 0 Å². The molecule has 0 saturated heterocycles. The molecule has 0 aliphatic heterocycles. The SMILES string of the molecule is CC(C)C[C@H](Cl)C(=O)Oc1ccc(OC(=O)c2ccc(OCC(F)(F)C(F)(F)C(F)(F)C(F)(F)C(F)(F)F)cc2)cc1. The first-order valence-electron chi connectivity index (χ1n) is 11.5. The first-order valence-corrected chi connectivity index (χ1v) is 12.0. The van der Waals surface area contributed by atoms with Crippen molar-refractivity contribution in [2.45, 2.75) is 55.5 Å². The molecule has 0 aliphatic rings. The van der Waals surface area contributed by atoms with Crippen molar-refractivity contribution in [3.05, 3.63) is 54.1 Å². The number of benzene rings is 2. The molecule has 5 nitrogen and oxygen atoms in total. The molecule has 2 aromatic carbocycles. The third kappa shape index (κ3) is 7.55. The van der Waals surface area contributed by atoms with Gasteiger partial charge < -0.3 is 14.2 Å². The molecule has 0 heterocycles. The summed E-state index contributed by atoms with van der Waals surface area (Å²) in [5, 5.41) is -0.891. The summed E-state index contributed by atoms with van der Waals surface area (Å²) in [6.07, 6.45) is -6.90. The zero-order valence-corrected chi connectivity index (χ0v) is 22.0. The minimum absolute atomic E-state index is 0.0526. The molecule has 0 fully saturated rings. The number of esters is 2. The first-order chi connectivity index (χ1) is 19.0. The lowest BCUT2D eigenvalue weighted by Gasteiger charge is -2.37. The van der Waals surface area contributed by atoms with Gasteiger partial charge in [-0.05, 0) is 60.9 Å². The van der Waals surface area contributed by atoms with Gasteiger partial charge in [0.15, 0.2) is 6.61 Å². The van der Waals surface area contributed by atoms with Crippen LogP contribution in [-0.2, 0) is 4.79 Å². The van der Waals surface area contributed by atoms with E-state index in [0.717, 1.165) is 12.1 Å². The van der Waals surface area contributed by atoms with Crippen LogP contribution in [0.1, 0.15) is 30.6 Å². The van der Waals surface area contributed by atoms with Crippen LogP contribution in [0.25, 0.3) is 0 Å². The molecular weight excluding hydrogens is 625 g/mol. The van der Waals surface area contributed by atoms with E-state index in [0.29, 0.717) is 18.6 Å². The van der Waals surface area contributed by atoms with Crippen molar-refractivity contribution < 1.29 is 72.1 Å². The fourth-order valence-corrected chi connectivity index (χ4v) is 3.39. The monoisotopic (exact) mass is 644 g/mol. The maximum Gasteiger partial charge on any atom is 0.460 e. The summed E-state index contributed by atoms with van der Waals surface area (Å²) >= 11 is 5.95. The molecular formula is C25H20ClF11O5. The standard InChI is InChI=1S/C25H20ClF11O5/c1-13(2)11-18(26)20(39)42-17-9-7-16(8-10-17)41-19(38)14-3-5-15(6-4-14)40-12-21(27,28)22(29,30)23(31,32)24(33,34)25(35,36)37/h3-10,13,18H,11-12H2,1-2H3/t18-/m0/s1. The van der Waals surface area contributed by atoms with E-state index in [1.54, 1.807) is 0 Å². The minimum atomic E-state index is -7.54. The Labute approximate surface area is 235 Å². The van der Waals surface area contributed by atoms with Gasteiger partial charge in [0.2, 0.25) is 0 Å². The predicted octanol–water partition coefficient (Wildman–Crippen LogP) is 7.95. The highest BCUT2D eigenvalue weighted by atomic mass is 35.5. The van der Waals surface area contributed by atoms with Crippen molar-refractivity contribution in [1.82, 2.24) is 0 Å². The molecule has 0 spiro atoms. The second kappa shape index (κ2) is 12.5. The van der Waals surface area contributed by atoms with Crippen LogP contribution in [0.3, 0.4) is 0 Å². The third-order valence-electron chi connectivity index (χ3n) is 5.30. The van der Waals surface area contributed by atoms with Gasteiger partial charge in [-0.25, -0.2) is 4.79 Å². The van der Waals surface area contributed by atoms with Crippen LogP contribution in [-0.4, -0.2) is 53.8 Å². The van der Waals surface area contributed by atoms with Crippen LogP contribution in [0.4, 0.5) is 48.3 Å². The largest absolute Gasteiger partial charge is 0.487 e. The zero-order valence-electron chi connectivity index (χ0n) is 21.3. The molecule has 0 aliphatic carbocycles. The second-order valence-corrected chi connectivity index (χ2v) is 9.64. The summed E-state index contributed by atoms with van der Waals surface area (Å²) in [6.45, 7) is 0.980. The van der Waals surface area contributed by atoms with Gasteiger partial charge >= 0.3 is 41.8 Å². The molecule has 17 heteroatoms. The number of halogens is 12. The molecule has 0 unspecified atom stereocenters. The van der Waals surface area contributed by atoms with E-state index in [4.69, 9.17) is 21.1 Å². The van der Waals surface area contributed by atoms with Crippen molar-refractivity contribution in [1.29, 1.82) is 0 Å². The lowest BCUT2D eigenvalue weighted by Crippen LogP contribution is -2.67. The topological polar surface area (TPSA) is 61.8 Å². The summed E-state index contributed by atoms with van der Waals surface area (Å²) < 4.78 is 158. The van der Waals surface area contributed by atoms with E-state index >= 15 is 0 Å². The van der Waals surface area contributed by atoms with Gasteiger partial charge in [0.25, 0.3) is 0 Å². The molecule has 2 aromatic rings. The fourth-order valence-electron chi connectivity index (χ4n) is 2.99. The average Bonchev–Trinajstić information content (AvgIpc) is 2.87. The summed E-state index contributed by atoms with van der Waals surface area (Å²) in [4.78, 5) is 24.2. The van der Waals surface area contributed by atoms with Gasteiger partial charge in [-0.2, -0.15) is 48.3 Å². The van der Waals surface area contributed by atoms with Crippen molar-refractivity contribution >= 4 is 23.5 Å². The Bertz CT molecular complexity index is 1230. The van der Waals surface area contributed by atoms with E-state index in [9.17, 15) is 57.9 Å². The molecule has 1 atom stereocenters. The van der Waals surface area contributed by atoms with Crippen LogP contribution in [0.2, 0.25) is 0 Å². The predicted molar refractivity (Wildman–Crippen MR) is 124 cm³/mol. The lowest BCUT2D eigenvalue weighted by molar-refractivity contribution is -0.423. The van der Waals surface area contributed by atoms with E-state index in [1.807, 2.05) is 13.8 Å². The Morgan fingerprint density at radius 2 is 1.14 bits per heavy atom. The molecule has 0 radical (unpaired) electrons. The number of hydrogen-bond acceptors (Lipinski definition) is 5. The summed E-state index contributed by atoms with van der Waals surface area (Å²) in [6, 6.07) is 8.15. The summed E-state index contributed by atoms with van der Waals surface area (Å²) in [7, 11) is 0. The molecule has 0 N–H and O–H groups in total. The first kappa shape index (κ1) is 34.9. The summed E-state index contributed by atoms with van der Waals surface area (Å²) in [5.41, 5.74) is -0.273. The highest BCUT2D eigenvalue weighted by Crippen LogP contribution is 2.57. The van der Waals surface area contributed by atoms with Crippen LogP contribution in [0, 0.1) is 5.92 Å². The van der Waals surface area contributed by atoms with E-state index in [1.165, 1.54) is 24.3 Å². The highest BCUT2D eigenvalue weighted by Gasteiger charge is 2.87. The van der Waals surface area contributed by atoms with Gasteiger partial charge in [0, 0.05) is 0 Å². The van der Waals surface area contributed by atoms with Crippen molar-refractivity contribution in [2.75, 3.05) is 6.61 Å². The van der Waals surface area contributed by atoms with Crippen molar-refractivity contribution in [2.24, 2.45) is 5.92 Å². The molecule has 234 valence electrons. The number of carbonyl (C=O) groups is 2. The van der Waals surface area contributed by atoms with Gasteiger partial charge in [-0.3, -0.25) is 4.79 Å². The van der Waals surface area contributed by atoms with Gasteiger partial charge in [-0.1, -0.05) is 13.8 Å². The maximum absolute atomic E-state index is 13.8. The Morgan fingerprint density at radius 3 is 1.60 bits per heavy atom. The minimum Gasteiger partial charge on any atom is -0.487 e. The number of carbonyl (C=O) groups excluding carboxylic acids is 2. The van der Waals surface area contributed by atoms with E-state index < -0.39 is 59.5 Å². The van der Waals surface area contributed by atoms with Crippen LogP contribution in [0.15, 0.2) is 48.5 Å². The molecule has 0 bridgehead atoms. The number of hydrogen-bond donors (Lipinski definition) is 0. The van der Waals surface area contributed by atoms with E-state index in [-0.39, 0.29) is 23.0 Å². The van der Waals surface area contributed by atoms with Crippen LogP contribution >= 0.6 is 11.6 Å². The molecule has 0 amide bonds. The van der Waals surface area contributed by atoms with Crippen LogP contribution < -0.4 is 14.2 Å². The number of rotatable bonds is 12. The molecule has 42 heavy (non-hydrogen) atoms.